The van der Waals surface area contributed by atoms with Gasteiger partial charge in [0.1, 0.15) is 12.2 Å². The molecule has 0 bridgehead atoms. The number of rotatable bonds is 5. The molecule has 3 atom stereocenters. The minimum atomic E-state index is -0.0885. The molecule has 3 unspecified atom stereocenters. The summed E-state index contributed by atoms with van der Waals surface area (Å²) >= 11 is 0. The van der Waals surface area contributed by atoms with E-state index in [0.29, 0.717) is 12.5 Å². The van der Waals surface area contributed by atoms with E-state index in [0.717, 1.165) is 12.8 Å². The zero-order valence-corrected chi connectivity index (χ0v) is 9.41. The summed E-state index contributed by atoms with van der Waals surface area (Å²) < 4.78 is 11.0. The lowest BCUT2D eigenvalue weighted by molar-refractivity contribution is -0.141. The van der Waals surface area contributed by atoms with E-state index in [9.17, 15) is 4.79 Å². The van der Waals surface area contributed by atoms with Crippen LogP contribution in [-0.4, -0.2) is 24.3 Å². The SMILES string of the molecule is CCCCCCC1CC2OC(=O)CC2O1. The van der Waals surface area contributed by atoms with Crippen LogP contribution in [0.1, 0.15) is 51.9 Å². The number of fused-ring (bicyclic) bond motifs is 1. The number of carbonyl (C=O) groups excluding carboxylic acids is 1. The second-order valence-corrected chi connectivity index (χ2v) is 4.61. The predicted molar refractivity (Wildman–Crippen MR) is 56.5 cm³/mol. The molecule has 2 heterocycles. The van der Waals surface area contributed by atoms with Crippen LogP contribution in [0.2, 0.25) is 0 Å². The summed E-state index contributed by atoms with van der Waals surface area (Å²) in [6.07, 6.45) is 8.11. The molecule has 2 rings (SSSR count). The highest BCUT2D eigenvalue weighted by molar-refractivity contribution is 5.72. The number of hydrogen-bond donors (Lipinski definition) is 0. The van der Waals surface area contributed by atoms with E-state index in [4.69, 9.17) is 9.47 Å². The Kier molecular flexibility index (Phi) is 3.62. The Morgan fingerprint density at radius 3 is 2.87 bits per heavy atom. The zero-order valence-electron chi connectivity index (χ0n) is 9.41. The summed E-state index contributed by atoms with van der Waals surface area (Å²) in [6.45, 7) is 2.22. The van der Waals surface area contributed by atoms with Crippen LogP contribution in [-0.2, 0) is 14.3 Å². The lowest BCUT2D eigenvalue weighted by Gasteiger charge is -2.10. The summed E-state index contributed by atoms with van der Waals surface area (Å²) in [4.78, 5) is 11.0. The molecule has 0 N–H and O–H groups in total. The molecule has 0 saturated carbocycles. The van der Waals surface area contributed by atoms with Gasteiger partial charge in [-0.15, -0.1) is 0 Å². The fraction of sp³-hybridized carbons (Fsp3) is 0.917. The third-order valence-electron chi connectivity index (χ3n) is 3.31. The van der Waals surface area contributed by atoms with Crippen LogP contribution in [0.25, 0.3) is 0 Å². The van der Waals surface area contributed by atoms with E-state index in [1.165, 1.54) is 25.7 Å². The maximum absolute atomic E-state index is 11.0. The highest BCUT2D eigenvalue weighted by Crippen LogP contribution is 2.33. The second-order valence-electron chi connectivity index (χ2n) is 4.61. The Bertz CT molecular complexity index is 211. The standard InChI is InChI=1S/C12H20O3/c1-2-3-4-5-6-9-7-10-11(14-9)8-12(13)15-10/h9-11H,2-8H2,1H3. The van der Waals surface area contributed by atoms with E-state index >= 15 is 0 Å². The Morgan fingerprint density at radius 2 is 2.13 bits per heavy atom. The lowest BCUT2D eigenvalue weighted by atomic mass is 10.1. The van der Waals surface area contributed by atoms with Crippen molar-refractivity contribution >= 4 is 5.97 Å². The summed E-state index contributed by atoms with van der Waals surface area (Å²) in [6, 6.07) is 0. The van der Waals surface area contributed by atoms with Crippen molar-refractivity contribution in [2.75, 3.05) is 0 Å². The summed E-state index contributed by atoms with van der Waals surface area (Å²) in [5, 5.41) is 0. The highest BCUT2D eigenvalue weighted by Gasteiger charge is 2.43. The molecule has 15 heavy (non-hydrogen) atoms. The van der Waals surface area contributed by atoms with Gasteiger partial charge in [-0.25, -0.2) is 0 Å². The van der Waals surface area contributed by atoms with Crippen LogP contribution in [0.4, 0.5) is 0 Å². The molecular formula is C12H20O3. The molecule has 0 aromatic rings. The van der Waals surface area contributed by atoms with Crippen molar-refractivity contribution < 1.29 is 14.3 Å². The second kappa shape index (κ2) is 4.97. The molecule has 0 aromatic heterocycles. The van der Waals surface area contributed by atoms with Gasteiger partial charge in [0.15, 0.2) is 0 Å². The van der Waals surface area contributed by atoms with Gasteiger partial charge in [0.05, 0.1) is 12.5 Å². The first kappa shape index (κ1) is 10.9. The molecular weight excluding hydrogens is 192 g/mol. The lowest BCUT2D eigenvalue weighted by Crippen LogP contribution is -2.13. The topological polar surface area (TPSA) is 35.5 Å². The first-order chi connectivity index (χ1) is 7.29. The smallest absolute Gasteiger partial charge is 0.308 e. The van der Waals surface area contributed by atoms with Gasteiger partial charge in [-0.2, -0.15) is 0 Å². The van der Waals surface area contributed by atoms with E-state index in [1.54, 1.807) is 0 Å². The quantitative estimate of drug-likeness (QED) is 0.518. The maximum Gasteiger partial charge on any atom is 0.308 e. The van der Waals surface area contributed by atoms with E-state index in [-0.39, 0.29) is 18.2 Å². The van der Waals surface area contributed by atoms with Gasteiger partial charge >= 0.3 is 5.97 Å². The molecule has 0 spiro atoms. The van der Waals surface area contributed by atoms with Gasteiger partial charge in [-0.3, -0.25) is 4.79 Å². The summed E-state index contributed by atoms with van der Waals surface area (Å²) in [5.41, 5.74) is 0. The van der Waals surface area contributed by atoms with E-state index in [1.807, 2.05) is 0 Å². The molecule has 0 amide bonds. The van der Waals surface area contributed by atoms with Crippen molar-refractivity contribution in [2.45, 2.75) is 70.2 Å². The minimum Gasteiger partial charge on any atom is -0.459 e. The van der Waals surface area contributed by atoms with Crippen molar-refractivity contribution in [2.24, 2.45) is 0 Å². The number of carbonyl (C=O) groups is 1. The minimum absolute atomic E-state index is 0.0636. The first-order valence-electron chi connectivity index (χ1n) is 6.14. The fourth-order valence-electron chi connectivity index (χ4n) is 2.47. The highest BCUT2D eigenvalue weighted by atomic mass is 16.6. The van der Waals surface area contributed by atoms with Crippen LogP contribution in [0, 0.1) is 0 Å². The van der Waals surface area contributed by atoms with Gasteiger partial charge in [0, 0.05) is 6.42 Å². The summed E-state index contributed by atoms with van der Waals surface area (Å²) in [5.74, 6) is -0.0885. The normalized spacial score (nSPS) is 34.2. The molecule has 0 aliphatic carbocycles. The van der Waals surface area contributed by atoms with Crippen LogP contribution in [0.3, 0.4) is 0 Å². The van der Waals surface area contributed by atoms with Gasteiger partial charge in [0.25, 0.3) is 0 Å². The largest absolute Gasteiger partial charge is 0.459 e. The Balaban J connectivity index is 1.64. The third kappa shape index (κ3) is 2.71. The maximum atomic E-state index is 11.0. The third-order valence-corrected chi connectivity index (χ3v) is 3.31. The van der Waals surface area contributed by atoms with E-state index in [2.05, 4.69) is 6.92 Å². The molecule has 86 valence electrons. The molecule has 2 fully saturated rings. The molecule has 2 aliphatic heterocycles. The number of unbranched alkanes of at least 4 members (excludes halogenated alkanes) is 3. The number of esters is 1. The zero-order chi connectivity index (χ0) is 10.7. The Hall–Kier alpha value is -0.570. The summed E-state index contributed by atoms with van der Waals surface area (Å²) in [7, 11) is 0. The van der Waals surface area contributed by atoms with Gasteiger partial charge < -0.3 is 9.47 Å². The van der Waals surface area contributed by atoms with E-state index < -0.39 is 0 Å². The predicted octanol–water partition coefficient (Wildman–Crippen LogP) is 2.43. The fourth-order valence-corrected chi connectivity index (χ4v) is 2.47. The van der Waals surface area contributed by atoms with Crippen molar-refractivity contribution in [3.63, 3.8) is 0 Å². The molecule has 2 saturated heterocycles. The van der Waals surface area contributed by atoms with Gasteiger partial charge in [-0.05, 0) is 6.42 Å². The van der Waals surface area contributed by atoms with Crippen molar-refractivity contribution in [3.05, 3.63) is 0 Å². The van der Waals surface area contributed by atoms with Crippen LogP contribution in [0.15, 0.2) is 0 Å². The van der Waals surface area contributed by atoms with Gasteiger partial charge in [0.2, 0.25) is 0 Å². The monoisotopic (exact) mass is 212 g/mol. The Labute approximate surface area is 91.1 Å². The average Bonchev–Trinajstić information content (AvgIpc) is 2.69. The molecule has 0 aromatic carbocycles. The molecule has 0 radical (unpaired) electrons. The van der Waals surface area contributed by atoms with Crippen molar-refractivity contribution in [1.29, 1.82) is 0 Å². The average molecular weight is 212 g/mol. The Morgan fingerprint density at radius 1 is 1.27 bits per heavy atom. The number of ether oxygens (including phenoxy) is 2. The molecule has 3 nitrogen and oxygen atoms in total. The van der Waals surface area contributed by atoms with Gasteiger partial charge in [-0.1, -0.05) is 32.6 Å². The number of hydrogen-bond acceptors (Lipinski definition) is 3. The van der Waals surface area contributed by atoms with Crippen LogP contribution >= 0.6 is 0 Å². The van der Waals surface area contributed by atoms with Crippen molar-refractivity contribution in [3.8, 4) is 0 Å². The molecule has 2 aliphatic rings. The molecule has 3 heteroatoms. The van der Waals surface area contributed by atoms with Crippen LogP contribution in [0.5, 0.6) is 0 Å². The van der Waals surface area contributed by atoms with Crippen molar-refractivity contribution in [1.82, 2.24) is 0 Å². The first-order valence-corrected chi connectivity index (χ1v) is 6.14. The van der Waals surface area contributed by atoms with Crippen LogP contribution < -0.4 is 0 Å².